The average molecular weight is 415 g/mol. The Kier molecular flexibility index (Phi) is 8.25. The number of carbonyl (C=O) groups excluding carboxylic acids is 1. The van der Waals surface area contributed by atoms with Crippen molar-refractivity contribution in [1.82, 2.24) is 0 Å². The summed E-state index contributed by atoms with van der Waals surface area (Å²) in [5.74, 6) is -1.07. The third-order valence-corrected chi connectivity index (χ3v) is 4.15. The highest BCUT2D eigenvalue weighted by molar-refractivity contribution is 5.85. The first-order valence-corrected chi connectivity index (χ1v) is 9.28. The van der Waals surface area contributed by atoms with Crippen LogP contribution in [-0.4, -0.2) is 42.1 Å². The summed E-state index contributed by atoms with van der Waals surface area (Å²) in [5.41, 5.74) is 1.98. The van der Waals surface area contributed by atoms with E-state index in [1.807, 2.05) is 19.1 Å². The molecule has 0 unspecified atom stereocenters. The summed E-state index contributed by atoms with van der Waals surface area (Å²) in [4.78, 5) is 23.5. The topological polar surface area (TPSA) is 114 Å². The molecule has 0 bridgehead atoms. The van der Waals surface area contributed by atoms with Crippen LogP contribution < -0.4 is 10.1 Å². The molecule has 2 aromatic carbocycles. The van der Waals surface area contributed by atoms with Crippen LogP contribution in [0.3, 0.4) is 0 Å². The number of rotatable bonds is 9. The molecule has 0 radical (unpaired) electrons. The van der Waals surface area contributed by atoms with Crippen molar-refractivity contribution in [1.29, 1.82) is 0 Å². The second-order valence-corrected chi connectivity index (χ2v) is 6.37. The zero-order chi connectivity index (χ0) is 22.1. The van der Waals surface area contributed by atoms with E-state index in [0.29, 0.717) is 11.3 Å². The van der Waals surface area contributed by atoms with Crippen molar-refractivity contribution in [3.8, 4) is 11.5 Å². The van der Waals surface area contributed by atoms with Gasteiger partial charge in [0.05, 0.1) is 7.11 Å². The lowest BCUT2D eigenvalue weighted by Crippen LogP contribution is -2.28. The zero-order valence-electron chi connectivity index (χ0n) is 17.0. The van der Waals surface area contributed by atoms with Crippen LogP contribution in [0.1, 0.15) is 24.2 Å². The van der Waals surface area contributed by atoms with Crippen molar-refractivity contribution < 1.29 is 34.0 Å². The highest BCUT2D eigenvalue weighted by Gasteiger charge is 2.27. The number of phenolic OH excluding ortho intramolecular Hbond substituents is 1. The summed E-state index contributed by atoms with van der Waals surface area (Å²) < 4.78 is 16.2. The number of hydrogen-bond donors (Lipinski definition) is 3. The minimum Gasteiger partial charge on any atom is -0.504 e. The maximum Gasteiger partial charge on any atom is 0.412 e. The molecule has 0 saturated heterocycles. The van der Waals surface area contributed by atoms with Gasteiger partial charge in [0.2, 0.25) is 0 Å². The molecule has 0 aromatic heterocycles. The molecule has 0 saturated carbocycles. The molecule has 1 amide bonds. The first kappa shape index (κ1) is 22.8. The molecule has 3 N–H and O–H groups in total. The fourth-order valence-electron chi connectivity index (χ4n) is 2.72. The third kappa shape index (κ3) is 6.52. The molecule has 8 nitrogen and oxygen atoms in total. The first-order valence-electron chi connectivity index (χ1n) is 9.28. The number of aliphatic carboxylic acids is 1. The van der Waals surface area contributed by atoms with Gasteiger partial charge in [0, 0.05) is 18.4 Å². The lowest BCUT2D eigenvalue weighted by atomic mass is 10.0. The quantitative estimate of drug-likeness (QED) is 0.530. The minimum atomic E-state index is -1.17. The maximum absolute atomic E-state index is 12.5. The number of carboxylic acids is 1. The van der Waals surface area contributed by atoms with E-state index in [-0.39, 0.29) is 18.1 Å². The van der Waals surface area contributed by atoms with E-state index < -0.39 is 24.3 Å². The fourth-order valence-corrected chi connectivity index (χ4v) is 2.72. The van der Waals surface area contributed by atoms with Crippen molar-refractivity contribution >= 4 is 17.7 Å². The highest BCUT2D eigenvalue weighted by atomic mass is 16.6. The lowest BCUT2D eigenvalue weighted by molar-refractivity contribution is -0.131. The third-order valence-electron chi connectivity index (χ3n) is 4.15. The zero-order valence-corrected chi connectivity index (χ0v) is 17.0. The Bertz CT molecular complexity index is 893. The van der Waals surface area contributed by atoms with Gasteiger partial charge < -0.3 is 24.4 Å². The average Bonchev–Trinajstić information content (AvgIpc) is 2.71. The van der Waals surface area contributed by atoms with Crippen LogP contribution in [0.4, 0.5) is 10.5 Å². The number of anilines is 1. The monoisotopic (exact) mass is 415 g/mol. The van der Waals surface area contributed by atoms with Gasteiger partial charge in [-0.25, -0.2) is 9.59 Å². The number of nitrogens with one attached hydrogen (secondary N) is 1. The number of methoxy groups -OCH3 is 1. The van der Waals surface area contributed by atoms with Crippen molar-refractivity contribution in [2.45, 2.75) is 26.1 Å². The normalized spacial score (nSPS) is 12.9. The first-order chi connectivity index (χ1) is 14.3. The summed E-state index contributed by atoms with van der Waals surface area (Å²) in [6.07, 6.45) is -0.479. The molecule has 0 aliphatic carbocycles. The van der Waals surface area contributed by atoms with Crippen LogP contribution in [0.5, 0.6) is 11.5 Å². The van der Waals surface area contributed by atoms with Crippen LogP contribution in [0, 0.1) is 6.92 Å². The predicted molar refractivity (Wildman–Crippen MR) is 111 cm³/mol. The van der Waals surface area contributed by atoms with Gasteiger partial charge in [-0.2, -0.15) is 0 Å². The molecule has 2 atom stereocenters. The molecule has 0 spiro atoms. The van der Waals surface area contributed by atoms with Gasteiger partial charge in [0.15, 0.2) is 17.6 Å². The summed E-state index contributed by atoms with van der Waals surface area (Å²) >= 11 is 0. The van der Waals surface area contributed by atoms with E-state index in [4.69, 9.17) is 19.3 Å². The largest absolute Gasteiger partial charge is 0.504 e. The SMILES string of the molecule is CCO[C@H](/C=C/C(=O)O)[C@H](OC(=O)Nc1ccc(C)cc1)c1ccc(OC)c(O)c1. The molecule has 0 fully saturated rings. The van der Waals surface area contributed by atoms with E-state index in [1.165, 1.54) is 25.3 Å². The highest BCUT2D eigenvalue weighted by Crippen LogP contribution is 2.33. The van der Waals surface area contributed by atoms with Gasteiger partial charge in [-0.1, -0.05) is 23.8 Å². The summed E-state index contributed by atoms with van der Waals surface area (Å²) in [5, 5.41) is 21.7. The lowest BCUT2D eigenvalue weighted by Gasteiger charge is -2.25. The molecule has 2 rings (SSSR count). The van der Waals surface area contributed by atoms with Gasteiger partial charge in [-0.15, -0.1) is 0 Å². The number of hydrogen-bond acceptors (Lipinski definition) is 6. The summed E-state index contributed by atoms with van der Waals surface area (Å²) in [7, 11) is 1.41. The Morgan fingerprint density at radius 1 is 1.17 bits per heavy atom. The number of aromatic hydroxyl groups is 1. The molecule has 0 aliphatic heterocycles. The van der Waals surface area contributed by atoms with Gasteiger partial charge in [-0.05, 0) is 49.8 Å². The number of benzene rings is 2. The molecular formula is C22H25NO7. The van der Waals surface area contributed by atoms with Crippen LogP contribution in [0.25, 0.3) is 0 Å². The van der Waals surface area contributed by atoms with E-state index in [9.17, 15) is 14.7 Å². The molecule has 8 heteroatoms. The van der Waals surface area contributed by atoms with Crippen LogP contribution >= 0.6 is 0 Å². The van der Waals surface area contributed by atoms with Crippen LogP contribution in [0.15, 0.2) is 54.6 Å². The Hall–Kier alpha value is -3.52. The predicted octanol–water partition coefficient (Wildman–Crippen LogP) is 4.04. The number of carboxylic acid groups (broad SMARTS) is 1. The van der Waals surface area contributed by atoms with Crippen LogP contribution in [-0.2, 0) is 14.3 Å². The Balaban J connectivity index is 2.33. The number of aryl methyl sites for hydroxylation is 1. The number of amides is 1. The Labute approximate surface area is 174 Å². The molecule has 0 heterocycles. The molecule has 160 valence electrons. The second-order valence-electron chi connectivity index (χ2n) is 6.37. The van der Waals surface area contributed by atoms with Gasteiger partial charge in [-0.3, -0.25) is 5.32 Å². The van der Waals surface area contributed by atoms with E-state index in [0.717, 1.165) is 11.6 Å². The number of phenols is 1. The van der Waals surface area contributed by atoms with Gasteiger partial charge >= 0.3 is 12.1 Å². The number of ether oxygens (including phenoxy) is 3. The molecule has 2 aromatic rings. The van der Waals surface area contributed by atoms with Gasteiger partial charge in [0.1, 0.15) is 6.10 Å². The Morgan fingerprint density at radius 2 is 1.87 bits per heavy atom. The molecule has 0 aliphatic rings. The standard InChI is InChI=1S/C22H25NO7/c1-4-29-19(11-12-20(25)26)21(15-7-10-18(28-3)17(24)13-15)30-22(27)23-16-8-5-14(2)6-9-16/h5-13,19,21,24H,4H2,1-3H3,(H,23,27)(H,25,26)/b12-11+/t19-,21-/m1/s1. The summed E-state index contributed by atoms with van der Waals surface area (Å²) in [6.45, 7) is 3.91. The fraction of sp³-hybridized carbons (Fsp3) is 0.273. The van der Waals surface area contributed by atoms with Gasteiger partial charge in [0.25, 0.3) is 0 Å². The van der Waals surface area contributed by atoms with E-state index in [1.54, 1.807) is 25.1 Å². The maximum atomic E-state index is 12.5. The number of carbonyl (C=O) groups is 2. The smallest absolute Gasteiger partial charge is 0.412 e. The van der Waals surface area contributed by atoms with E-state index in [2.05, 4.69) is 5.32 Å². The van der Waals surface area contributed by atoms with Crippen molar-refractivity contribution in [2.24, 2.45) is 0 Å². The molecular weight excluding hydrogens is 390 g/mol. The molecule has 30 heavy (non-hydrogen) atoms. The van der Waals surface area contributed by atoms with Crippen molar-refractivity contribution in [2.75, 3.05) is 19.0 Å². The Morgan fingerprint density at radius 3 is 2.43 bits per heavy atom. The summed E-state index contributed by atoms with van der Waals surface area (Å²) in [6, 6.07) is 11.6. The second kappa shape index (κ2) is 10.9. The van der Waals surface area contributed by atoms with Crippen molar-refractivity contribution in [3.63, 3.8) is 0 Å². The van der Waals surface area contributed by atoms with Crippen LogP contribution in [0.2, 0.25) is 0 Å². The van der Waals surface area contributed by atoms with Crippen molar-refractivity contribution in [3.05, 3.63) is 65.7 Å². The minimum absolute atomic E-state index is 0.153. The van der Waals surface area contributed by atoms with E-state index >= 15 is 0 Å².